The van der Waals surface area contributed by atoms with E-state index < -0.39 is 23.9 Å². The summed E-state index contributed by atoms with van der Waals surface area (Å²) in [6.07, 6.45) is 1.56. The minimum absolute atomic E-state index is 0.00829. The standard InChI is InChI=1S/C31H33N3O6/c1-4-39-27(35)17-16-26(31(38)40-5-2)34-29(36)23-12-8-20(9-13-23)6-7-21-10-11-22-14-15-25-28(24(22)18-21)30(37)33-19(3)32-25/h8-15,18,26H,4-7,16-17H2,1-3H3,(H,34,36)(H,32,33,37)/t26-/m1/s1. The van der Waals surface area contributed by atoms with Gasteiger partial charge in [-0.15, -0.1) is 0 Å². The molecule has 0 aliphatic rings. The number of hydrogen-bond acceptors (Lipinski definition) is 7. The molecule has 3 aromatic carbocycles. The van der Waals surface area contributed by atoms with Gasteiger partial charge in [-0.3, -0.25) is 14.4 Å². The first-order valence-corrected chi connectivity index (χ1v) is 13.4. The summed E-state index contributed by atoms with van der Waals surface area (Å²) in [6.45, 7) is 5.56. The summed E-state index contributed by atoms with van der Waals surface area (Å²) in [6, 6.07) is 16.2. The Morgan fingerprint density at radius 3 is 2.33 bits per heavy atom. The van der Waals surface area contributed by atoms with Gasteiger partial charge < -0.3 is 19.8 Å². The van der Waals surface area contributed by atoms with Crippen LogP contribution in [-0.2, 0) is 31.9 Å². The van der Waals surface area contributed by atoms with E-state index in [1.165, 1.54) is 0 Å². The van der Waals surface area contributed by atoms with Gasteiger partial charge in [0, 0.05) is 12.0 Å². The molecule has 9 nitrogen and oxygen atoms in total. The molecule has 0 saturated heterocycles. The Kier molecular flexibility index (Phi) is 9.27. The zero-order valence-corrected chi connectivity index (χ0v) is 22.9. The molecule has 4 rings (SSSR count). The van der Waals surface area contributed by atoms with Crippen molar-refractivity contribution >= 4 is 39.5 Å². The summed E-state index contributed by atoms with van der Waals surface area (Å²) in [5.41, 5.74) is 3.04. The van der Waals surface area contributed by atoms with Crippen LogP contribution in [0.2, 0.25) is 0 Å². The molecule has 0 aliphatic heterocycles. The molecule has 0 unspecified atom stereocenters. The van der Waals surface area contributed by atoms with E-state index in [0.29, 0.717) is 22.3 Å². The number of rotatable bonds is 11. The lowest BCUT2D eigenvalue weighted by Gasteiger charge is -2.17. The van der Waals surface area contributed by atoms with E-state index >= 15 is 0 Å². The maximum atomic E-state index is 12.8. The fourth-order valence-electron chi connectivity index (χ4n) is 4.62. The number of hydrogen-bond donors (Lipinski definition) is 2. The highest BCUT2D eigenvalue weighted by molar-refractivity contribution is 6.05. The lowest BCUT2D eigenvalue weighted by molar-refractivity contribution is -0.146. The van der Waals surface area contributed by atoms with Gasteiger partial charge in [0.05, 0.1) is 24.1 Å². The van der Waals surface area contributed by atoms with Gasteiger partial charge in [-0.1, -0.05) is 36.4 Å². The van der Waals surface area contributed by atoms with Crippen LogP contribution in [0.4, 0.5) is 0 Å². The number of fused-ring (bicyclic) bond motifs is 3. The molecule has 4 aromatic rings. The van der Waals surface area contributed by atoms with Gasteiger partial charge in [0.25, 0.3) is 11.5 Å². The number of amides is 1. The molecule has 1 aromatic heterocycles. The van der Waals surface area contributed by atoms with Crippen molar-refractivity contribution in [2.45, 2.75) is 52.5 Å². The topological polar surface area (TPSA) is 127 Å². The van der Waals surface area contributed by atoms with Gasteiger partial charge in [0.2, 0.25) is 0 Å². The molecule has 9 heteroatoms. The van der Waals surface area contributed by atoms with Crippen LogP contribution in [0.25, 0.3) is 21.7 Å². The first kappa shape index (κ1) is 28.5. The highest BCUT2D eigenvalue weighted by Crippen LogP contribution is 2.24. The number of carbonyl (C=O) groups excluding carboxylic acids is 3. The highest BCUT2D eigenvalue weighted by Gasteiger charge is 2.24. The number of benzene rings is 3. The van der Waals surface area contributed by atoms with Crippen LogP contribution in [0, 0.1) is 6.92 Å². The lowest BCUT2D eigenvalue weighted by Crippen LogP contribution is -2.42. The van der Waals surface area contributed by atoms with Crippen molar-refractivity contribution < 1.29 is 23.9 Å². The molecule has 1 atom stereocenters. The molecule has 1 heterocycles. The molecule has 0 saturated carbocycles. The van der Waals surface area contributed by atoms with Crippen molar-refractivity contribution in [3.63, 3.8) is 0 Å². The second-order valence-electron chi connectivity index (χ2n) is 9.49. The number of aryl methyl sites for hydroxylation is 3. The van der Waals surface area contributed by atoms with E-state index in [-0.39, 0.29) is 31.6 Å². The van der Waals surface area contributed by atoms with Gasteiger partial charge >= 0.3 is 11.9 Å². The maximum Gasteiger partial charge on any atom is 0.328 e. The SMILES string of the molecule is CCOC(=O)CC[C@@H](NC(=O)c1ccc(CCc2ccc3ccc4nc(C)[nH]c(=O)c4c3c2)cc1)C(=O)OCC. The molecular weight excluding hydrogens is 510 g/mol. The van der Waals surface area contributed by atoms with Gasteiger partial charge in [-0.25, -0.2) is 9.78 Å². The number of H-pyrrole nitrogens is 1. The summed E-state index contributed by atoms with van der Waals surface area (Å²) in [7, 11) is 0. The van der Waals surface area contributed by atoms with Crippen LogP contribution >= 0.6 is 0 Å². The van der Waals surface area contributed by atoms with Crippen molar-refractivity contribution in [1.82, 2.24) is 15.3 Å². The van der Waals surface area contributed by atoms with Crippen LogP contribution in [-0.4, -0.2) is 47.1 Å². The molecule has 208 valence electrons. The Labute approximate surface area is 231 Å². The zero-order valence-electron chi connectivity index (χ0n) is 22.9. The number of carbonyl (C=O) groups is 3. The number of nitrogens with zero attached hydrogens (tertiary/aromatic N) is 1. The monoisotopic (exact) mass is 543 g/mol. The fourth-order valence-corrected chi connectivity index (χ4v) is 4.62. The van der Waals surface area contributed by atoms with Gasteiger partial charge in [-0.2, -0.15) is 0 Å². The van der Waals surface area contributed by atoms with Crippen molar-refractivity contribution in [2.75, 3.05) is 13.2 Å². The van der Waals surface area contributed by atoms with Crippen molar-refractivity contribution in [1.29, 1.82) is 0 Å². The molecule has 2 N–H and O–H groups in total. The second kappa shape index (κ2) is 13.0. The average Bonchev–Trinajstić information content (AvgIpc) is 2.94. The van der Waals surface area contributed by atoms with Crippen molar-refractivity contribution in [3.8, 4) is 0 Å². The number of esters is 2. The summed E-state index contributed by atoms with van der Waals surface area (Å²) < 4.78 is 9.98. The van der Waals surface area contributed by atoms with E-state index in [1.54, 1.807) is 32.9 Å². The predicted molar refractivity (Wildman–Crippen MR) is 152 cm³/mol. The van der Waals surface area contributed by atoms with Crippen LogP contribution in [0.3, 0.4) is 0 Å². The molecule has 1 amide bonds. The Morgan fingerprint density at radius 1 is 0.925 bits per heavy atom. The van der Waals surface area contributed by atoms with E-state index in [9.17, 15) is 19.2 Å². The quantitative estimate of drug-likeness (QED) is 0.215. The molecular formula is C31H33N3O6. The van der Waals surface area contributed by atoms with E-state index in [1.807, 2.05) is 36.4 Å². The summed E-state index contributed by atoms with van der Waals surface area (Å²) in [5, 5.41) is 5.11. The minimum Gasteiger partial charge on any atom is -0.466 e. The maximum absolute atomic E-state index is 12.8. The third kappa shape index (κ3) is 6.91. The van der Waals surface area contributed by atoms with Gasteiger partial charge in [0.1, 0.15) is 11.9 Å². The van der Waals surface area contributed by atoms with Crippen LogP contribution in [0.5, 0.6) is 0 Å². The third-order valence-corrected chi connectivity index (χ3v) is 6.61. The molecule has 0 bridgehead atoms. The largest absolute Gasteiger partial charge is 0.466 e. The van der Waals surface area contributed by atoms with Crippen molar-refractivity contribution in [2.24, 2.45) is 0 Å². The fraction of sp³-hybridized carbons (Fsp3) is 0.323. The normalized spacial score (nSPS) is 11.8. The lowest BCUT2D eigenvalue weighted by atomic mass is 9.98. The van der Waals surface area contributed by atoms with Gasteiger partial charge in [-0.05, 0) is 80.1 Å². The third-order valence-electron chi connectivity index (χ3n) is 6.61. The van der Waals surface area contributed by atoms with Crippen LogP contribution in [0.1, 0.15) is 54.0 Å². The molecule has 0 fully saturated rings. The summed E-state index contributed by atoms with van der Waals surface area (Å²) in [4.78, 5) is 56.8. The minimum atomic E-state index is -0.952. The second-order valence-corrected chi connectivity index (χ2v) is 9.49. The Balaban J connectivity index is 1.42. The van der Waals surface area contributed by atoms with Crippen LogP contribution in [0.15, 0.2) is 59.4 Å². The smallest absolute Gasteiger partial charge is 0.328 e. The molecule has 0 radical (unpaired) electrons. The van der Waals surface area contributed by atoms with Crippen molar-refractivity contribution in [3.05, 3.63) is 87.5 Å². The zero-order chi connectivity index (χ0) is 28.6. The Morgan fingerprint density at radius 2 is 1.60 bits per heavy atom. The highest BCUT2D eigenvalue weighted by atomic mass is 16.5. The Hall–Kier alpha value is -4.53. The van der Waals surface area contributed by atoms with E-state index in [4.69, 9.17) is 9.47 Å². The first-order chi connectivity index (χ1) is 19.3. The number of aromatic nitrogens is 2. The first-order valence-electron chi connectivity index (χ1n) is 13.4. The van der Waals surface area contributed by atoms with E-state index in [2.05, 4.69) is 21.4 Å². The van der Waals surface area contributed by atoms with Crippen LogP contribution < -0.4 is 10.9 Å². The number of nitrogens with one attached hydrogen (secondary N) is 2. The number of aromatic amines is 1. The predicted octanol–water partition coefficient (Wildman–Crippen LogP) is 4.17. The number of ether oxygens (including phenoxy) is 2. The molecule has 0 spiro atoms. The summed E-state index contributed by atoms with van der Waals surface area (Å²) in [5.74, 6) is -0.872. The van der Waals surface area contributed by atoms with E-state index in [0.717, 1.165) is 34.7 Å². The summed E-state index contributed by atoms with van der Waals surface area (Å²) >= 11 is 0. The Bertz CT molecular complexity index is 1590. The molecule has 40 heavy (non-hydrogen) atoms. The molecule has 0 aliphatic carbocycles. The average molecular weight is 544 g/mol. The van der Waals surface area contributed by atoms with Gasteiger partial charge in [0.15, 0.2) is 0 Å².